The number of nitrogens with zero attached hydrogens (tertiary/aromatic N) is 1. The molecular formula is C15H28N2O3. The lowest BCUT2D eigenvalue weighted by molar-refractivity contribution is -0.150. The van der Waals surface area contributed by atoms with Crippen molar-refractivity contribution in [3.8, 4) is 0 Å². The number of rotatable bonds is 5. The molecule has 1 aliphatic carbocycles. The number of hydrogen-bond acceptors (Lipinski definition) is 2. The number of carbonyl (C=O) groups is 2. The molecule has 5 heteroatoms. The van der Waals surface area contributed by atoms with Crippen LogP contribution in [0.15, 0.2) is 0 Å². The second-order valence-electron chi connectivity index (χ2n) is 6.71. The minimum atomic E-state index is -1.03. The first-order valence-corrected chi connectivity index (χ1v) is 7.45. The molecule has 5 nitrogen and oxygen atoms in total. The summed E-state index contributed by atoms with van der Waals surface area (Å²) in [6.45, 7) is 9.43. The highest BCUT2D eigenvalue weighted by Gasteiger charge is 2.45. The third-order valence-electron chi connectivity index (χ3n) is 4.88. The maximum absolute atomic E-state index is 12.5. The van der Waals surface area contributed by atoms with Gasteiger partial charge in [-0.2, -0.15) is 0 Å². The molecule has 2 amide bonds. The van der Waals surface area contributed by atoms with Crippen molar-refractivity contribution in [3.63, 3.8) is 0 Å². The molecule has 0 aliphatic heterocycles. The first-order valence-electron chi connectivity index (χ1n) is 7.45. The monoisotopic (exact) mass is 284 g/mol. The van der Waals surface area contributed by atoms with Crippen LogP contribution in [0.5, 0.6) is 0 Å². The molecule has 0 aromatic rings. The van der Waals surface area contributed by atoms with Crippen molar-refractivity contribution in [2.24, 2.45) is 5.41 Å². The number of carboxylic acids is 1. The fraction of sp³-hybridized carbons (Fsp3) is 0.867. The molecule has 1 aliphatic rings. The molecule has 0 atom stereocenters. The van der Waals surface area contributed by atoms with Gasteiger partial charge in [-0.3, -0.25) is 4.79 Å². The Kier molecular flexibility index (Phi) is 5.05. The predicted molar refractivity (Wildman–Crippen MR) is 78.7 cm³/mol. The summed E-state index contributed by atoms with van der Waals surface area (Å²) >= 11 is 0. The van der Waals surface area contributed by atoms with Crippen LogP contribution in [0.1, 0.15) is 60.3 Å². The summed E-state index contributed by atoms with van der Waals surface area (Å²) in [4.78, 5) is 25.7. The van der Waals surface area contributed by atoms with E-state index in [-0.39, 0.29) is 6.03 Å². The molecule has 2 N–H and O–H groups in total. The van der Waals surface area contributed by atoms with Gasteiger partial charge in [0, 0.05) is 12.6 Å². The number of carbonyl (C=O) groups excluding carboxylic acids is 1. The Hall–Kier alpha value is -1.26. The first kappa shape index (κ1) is 16.8. The molecule has 0 unspecified atom stereocenters. The fourth-order valence-electron chi connectivity index (χ4n) is 2.55. The van der Waals surface area contributed by atoms with Gasteiger partial charge in [-0.1, -0.05) is 12.8 Å². The number of aliphatic carboxylic acids is 1. The van der Waals surface area contributed by atoms with E-state index in [1.807, 2.05) is 11.8 Å². The maximum Gasteiger partial charge on any atom is 0.318 e. The van der Waals surface area contributed by atoms with Gasteiger partial charge in [-0.15, -0.1) is 0 Å². The predicted octanol–water partition coefficient (Wildman–Crippen LogP) is 2.85. The molecule has 0 aromatic heterocycles. The van der Waals surface area contributed by atoms with E-state index >= 15 is 0 Å². The highest BCUT2D eigenvalue weighted by Crippen LogP contribution is 2.31. The van der Waals surface area contributed by atoms with Crippen molar-refractivity contribution >= 4 is 12.0 Å². The first-order chi connectivity index (χ1) is 9.13. The van der Waals surface area contributed by atoms with E-state index in [0.717, 1.165) is 12.8 Å². The van der Waals surface area contributed by atoms with Crippen LogP contribution >= 0.6 is 0 Å². The Morgan fingerprint density at radius 2 is 1.70 bits per heavy atom. The van der Waals surface area contributed by atoms with Crippen molar-refractivity contribution in [1.82, 2.24) is 10.2 Å². The second-order valence-corrected chi connectivity index (χ2v) is 6.71. The van der Waals surface area contributed by atoms with Gasteiger partial charge in [0.25, 0.3) is 0 Å². The molecule has 0 radical (unpaired) electrons. The van der Waals surface area contributed by atoms with Gasteiger partial charge in [-0.25, -0.2) is 4.79 Å². The molecule has 0 saturated heterocycles. The third kappa shape index (κ3) is 3.25. The molecule has 0 bridgehead atoms. The summed E-state index contributed by atoms with van der Waals surface area (Å²) in [6, 6.07) is 0.141. The molecule has 1 rings (SSSR count). The Morgan fingerprint density at radius 3 is 2.10 bits per heavy atom. The average molecular weight is 284 g/mol. The van der Waals surface area contributed by atoms with Crippen LogP contribution in [-0.2, 0) is 4.79 Å². The summed E-state index contributed by atoms with van der Waals surface area (Å²) in [6.07, 6.45) is 4.42. The molecular weight excluding hydrogens is 256 g/mol. The van der Waals surface area contributed by atoms with Gasteiger partial charge in [0.1, 0.15) is 0 Å². The molecule has 20 heavy (non-hydrogen) atoms. The SMILES string of the molecule is CCN(C(=O)NC(C)(C)C(C)(C)C(=O)O)C1CCCC1. The van der Waals surface area contributed by atoms with Gasteiger partial charge in [0.2, 0.25) is 0 Å². The van der Waals surface area contributed by atoms with E-state index in [4.69, 9.17) is 0 Å². The highest BCUT2D eigenvalue weighted by molar-refractivity contribution is 5.80. The van der Waals surface area contributed by atoms with Gasteiger partial charge in [0.05, 0.1) is 11.0 Å². The zero-order valence-corrected chi connectivity index (χ0v) is 13.3. The van der Waals surface area contributed by atoms with E-state index in [0.29, 0.717) is 12.6 Å². The summed E-state index contributed by atoms with van der Waals surface area (Å²) in [7, 11) is 0. The number of carboxylic acid groups (broad SMARTS) is 1. The van der Waals surface area contributed by atoms with E-state index in [1.54, 1.807) is 27.7 Å². The lowest BCUT2D eigenvalue weighted by Gasteiger charge is -2.41. The Balaban J connectivity index is 2.79. The van der Waals surface area contributed by atoms with Crippen LogP contribution in [-0.4, -0.2) is 40.1 Å². The minimum absolute atomic E-state index is 0.154. The molecule has 0 aromatic carbocycles. The molecule has 0 spiro atoms. The van der Waals surface area contributed by atoms with E-state index in [2.05, 4.69) is 5.32 Å². The van der Waals surface area contributed by atoms with Gasteiger partial charge in [0.15, 0.2) is 0 Å². The summed E-state index contributed by atoms with van der Waals surface area (Å²) in [5.74, 6) is -0.910. The molecule has 116 valence electrons. The lowest BCUT2D eigenvalue weighted by atomic mass is 9.74. The van der Waals surface area contributed by atoms with Crippen LogP contribution in [0.25, 0.3) is 0 Å². The Bertz CT molecular complexity index is 371. The van der Waals surface area contributed by atoms with Gasteiger partial charge >= 0.3 is 12.0 Å². The average Bonchev–Trinajstić information content (AvgIpc) is 2.82. The van der Waals surface area contributed by atoms with Crippen LogP contribution in [0.4, 0.5) is 4.79 Å². The number of urea groups is 1. The fourth-order valence-corrected chi connectivity index (χ4v) is 2.55. The molecule has 1 saturated carbocycles. The minimum Gasteiger partial charge on any atom is -0.481 e. The van der Waals surface area contributed by atoms with E-state index in [9.17, 15) is 14.7 Å². The zero-order valence-electron chi connectivity index (χ0n) is 13.3. The largest absolute Gasteiger partial charge is 0.481 e. The molecule has 0 heterocycles. The van der Waals surface area contributed by atoms with Crippen LogP contribution in [0.2, 0.25) is 0 Å². The third-order valence-corrected chi connectivity index (χ3v) is 4.88. The van der Waals surface area contributed by atoms with Crippen molar-refractivity contribution in [2.75, 3.05) is 6.54 Å². The Morgan fingerprint density at radius 1 is 1.20 bits per heavy atom. The molecule has 1 fully saturated rings. The topological polar surface area (TPSA) is 69.6 Å². The summed E-state index contributed by atoms with van der Waals surface area (Å²) < 4.78 is 0. The quantitative estimate of drug-likeness (QED) is 0.815. The number of nitrogens with one attached hydrogen (secondary N) is 1. The highest BCUT2D eigenvalue weighted by atomic mass is 16.4. The standard InChI is InChI=1S/C15H28N2O3/c1-6-17(11-9-7-8-10-11)13(20)16-15(4,5)14(2,3)12(18)19/h11H,6-10H2,1-5H3,(H,16,20)(H,18,19). The summed E-state index contributed by atoms with van der Waals surface area (Å²) in [5, 5.41) is 12.2. The van der Waals surface area contributed by atoms with Gasteiger partial charge in [-0.05, 0) is 47.5 Å². The normalized spacial score (nSPS) is 17.1. The van der Waals surface area contributed by atoms with Crippen molar-refractivity contribution in [3.05, 3.63) is 0 Å². The second kappa shape index (κ2) is 6.02. The van der Waals surface area contributed by atoms with Gasteiger partial charge < -0.3 is 15.3 Å². The smallest absolute Gasteiger partial charge is 0.318 e. The van der Waals surface area contributed by atoms with Crippen molar-refractivity contribution in [1.29, 1.82) is 0 Å². The van der Waals surface area contributed by atoms with Crippen LogP contribution in [0, 0.1) is 5.41 Å². The summed E-state index contributed by atoms with van der Waals surface area (Å²) in [5.41, 5.74) is -1.85. The van der Waals surface area contributed by atoms with Crippen molar-refractivity contribution < 1.29 is 14.7 Å². The zero-order chi connectivity index (χ0) is 15.6. The lowest BCUT2D eigenvalue weighted by Crippen LogP contribution is -2.60. The van der Waals surface area contributed by atoms with Crippen molar-refractivity contribution in [2.45, 2.75) is 71.9 Å². The van der Waals surface area contributed by atoms with E-state index < -0.39 is 16.9 Å². The van der Waals surface area contributed by atoms with Crippen LogP contribution in [0.3, 0.4) is 0 Å². The maximum atomic E-state index is 12.5. The van der Waals surface area contributed by atoms with E-state index in [1.165, 1.54) is 12.8 Å². The Labute approximate surface area is 121 Å². The number of amides is 2. The number of hydrogen-bond donors (Lipinski definition) is 2. The van der Waals surface area contributed by atoms with Crippen LogP contribution < -0.4 is 5.32 Å².